The minimum Gasteiger partial charge on any atom is -0.452 e. The summed E-state index contributed by atoms with van der Waals surface area (Å²) in [6.45, 7) is 1.56. The molecule has 2 N–H and O–H groups in total. The largest absolute Gasteiger partial charge is 0.452 e. The molecule has 27 heavy (non-hydrogen) atoms. The number of hydrogen-bond acceptors (Lipinski definition) is 4. The van der Waals surface area contributed by atoms with E-state index in [4.69, 9.17) is 5.73 Å². The summed E-state index contributed by atoms with van der Waals surface area (Å²) in [6, 6.07) is 4.34. The highest BCUT2D eigenvalue weighted by Gasteiger charge is 2.51. The number of rotatable bonds is 2. The number of benzene rings is 1. The van der Waals surface area contributed by atoms with Gasteiger partial charge in [0.2, 0.25) is 0 Å². The lowest BCUT2D eigenvalue weighted by Crippen LogP contribution is -2.50. The number of alkyl halides is 6. The van der Waals surface area contributed by atoms with E-state index in [1.807, 2.05) is 0 Å². The fourth-order valence-corrected chi connectivity index (χ4v) is 4.46. The summed E-state index contributed by atoms with van der Waals surface area (Å²) < 4.78 is 82.6. The second kappa shape index (κ2) is 6.65. The van der Waals surface area contributed by atoms with Crippen LogP contribution in [0.5, 0.6) is 0 Å². The van der Waals surface area contributed by atoms with Gasteiger partial charge in [-0.2, -0.15) is 26.3 Å². The molecule has 0 bridgehead atoms. The van der Waals surface area contributed by atoms with Crippen molar-refractivity contribution >= 4 is 23.4 Å². The van der Waals surface area contributed by atoms with Gasteiger partial charge in [-0.1, -0.05) is 12.1 Å². The number of aliphatic imine (C=N–C) groups is 1. The third kappa shape index (κ3) is 4.20. The van der Waals surface area contributed by atoms with Crippen molar-refractivity contribution in [3.8, 4) is 0 Å². The quantitative estimate of drug-likeness (QED) is 0.700. The number of halogens is 6. The minimum atomic E-state index is -4.58. The number of amidine groups is 1. The Hall–Kier alpha value is -1.84. The molecule has 3 rings (SSSR count). The van der Waals surface area contributed by atoms with Crippen molar-refractivity contribution in [2.75, 3.05) is 0 Å². The Morgan fingerprint density at radius 2 is 1.93 bits per heavy atom. The summed E-state index contributed by atoms with van der Waals surface area (Å²) in [5.74, 6) is 0. The molecule has 0 fully saturated rings. The molecule has 0 saturated heterocycles. The molecule has 0 radical (unpaired) electrons. The number of ether oxygens (including phenoxy) is 1. The Labute approximate surface area is 155 Å². The molecule has 1 unspecified atom stereocenters. The van der Waals surface area contributed by atoms with Gasteiger partial charge in [0.15, 0.2) is 6.10 Å². The van der Waals surface area contributed by atoms with Gasteiger partial charge in [-0.3, -0.25) is 0 Å². The monoisotopic (exact) mass is 410 g/mol. The van der Waals surface area contributed by atoms with Gasteiger partial charge in [0.05, 0.1) is 11.1 Å². The molecular formula is C17H16F6N2OS. The van der Waals surface area contributed by atoms with Gasteiger partial charge in [-0.05, 0) is 42.0 Å². The SMILES string of the molecule is C[C@@]1(C2CC(c3cccc(C(F)(F)F)c3)=CS2)C[C@@H](C(F)(F)F)OC(N)=N1. The number of hydrogen-bond donors (Lipinski definition) is 1. The second-order valence-electron chi connectivity index (χ2n) is 6.71. The molecule has 1 aromatic carbocycles. The maximum Gasteiger partial charge on any atom is 0.425 e. The average molecular weight is 410 g/mol. The van der Waals surface area contributed by atoms with Crippen LogP contribution in [0.2, 0.25) is 0 Å². The Kier molecular flexibility index (Phi) is 4.90. The smallest absolute Gasteiger partial charge is 0.425 e. The zero-order valence-corrected chi connectivity index (χ0v) is 14.9. The van der Waals surface area contributed by atoms with Gasteiger partial charge in [-0.25, -0.2) is 4.99 Å². The van der Waals surface area contributed by atoms with E-state index >= 15 is 0 Å². The first kappa shape index (κ1) is 19.9. The molecule has 0 aromatic heterocycles. The second-order valence-corrected chi connectivity index (χ2v) is 7.79. The highest BCUT2D eigenvalue weighted by molar-refractivity contribution is 8.03. The van der Waals surface area contributed by atoms with Crippen molar-refractivity contribution in [1.29, 1.82) is 0 Å². The van der Waals surface area contributed by atoms with E-state index in [9.17, 15) is 26.3 Å². The van der Waals surface area contributed by atoms with Crippen molar-refractivity contribution in [2.24, 2.45) is 10.7 Å². The Morgan fingerprint density at radius 3 is 2.56 bits per heavy atom. The lowest BCUT2D eigenvalue weighted by Gasteiger charge is -2.38. The molecule has 0 amide bonds. The van der Waals surface area contributed by atoms with Gasteiger partial charge in [0, 0.05) is 11.7 Å². The molecule has 3 atom stereocenters. The first-order valence-corrected chi connectivity index (χ1v) is 8.93. The fraction of sp³-hybridized carbons (Fsp3) is 0.471. The van der Waals surface area contributed by atoms with Crippen LogP contribution in [-0.2, 0) is 10.9 Å². The van der Waals surface area contributed by atoms with Crippen LogP contribution >= 0.6 is 11.8 Å². The van der Waals surface area contributed by atoms with Gasteiger partial charge in [0.1, 0.15) is 0 Å². The van der Waals surface area contributed by atoms with Gasteiger partial charge in [0.25, 0.3) is 6.02 Å². The summed E-state index contributed by atoms with van der Waals surface area (Å²) in [7, 11) is 0. The Bertz CT molecular complexity index is 788. The van der Waals surface area contributed by atoms with Crippen molar-refractivity contribution in [3.05, 3.63) is 40.8 Å². The van der Waals surface area contributed by atoms with Crippen LogP contribution in [0.15, 0.2) is 34.7 Å². The molecule has 1 aromatic rings. The molecule has 148 valence electrons. The molecule has 0 spiro atoms. The van der Waals surface area contributed by atoms with Crippen LogP contribution in [0.25, 0.3) is 5.57 Å². The molecule has 10 heteroatoms. The molecule has 3 nitrogen and oxygen atoms in total. The summed E-state index contributed by atoms with van der Waals surface area (Å²) in [6.07, 6.45) is -11.2. The molecule has 2 aliphatic heterocycles. The normalized spacial score (nSPS) is 29.1. The van der Waals surface area contributed by atoms with Crippen LogP contribution < -0.4 is 5.73 Å². The van der Waals surface area contributed by atoms with Crippen molar-refractivity contribution in [3.63, 3.8) is 0 Å². The number of nitrogens with two attached hydrogens (primary N) is 1. The highest BCUT2D eigenvalue weighted by atomic mass is 32.2. The van der Waals surface area contributed by atoms with Crippen molar-refractivity contribution in [1.82, 2.24) is 0 Å². The highest BCUT2D eigenvalue weighted by Crippen LogP contribution is 2.47. The van der Waals surface area contributed by atoms with Crippen LogP contribution in [0, 0.1) is 0 Å². The Morgan fingerprint density at radius 1 is 1.22 bits per heavy atom. The van der Waals surface area contributed by atoms with E-state index in [0.29, 0.717) is 11.1 Å². The number of nitrogens with zero attached hydrogens (tertiary/aromatic N) is 1. The van der Waals surface area contributed by atoms with Gasteiger partial charge in [-0.15, -0.1) is 11.8 Å². The Balaban J connectivity index is 1.80. The first-order chi connectivity index (χ1) is 12.4. The van der Waals surface area contributed by atoms with Crippen LogP contribution in [0.3, 0.4) is 0 Å². The minimum absolute atomic E-state index is 0.282. The molecule has 2 aliphatic rings. The standard InChI is InChI=1S/C17H16F6N2OS/c1-15(7-12(17(21,22)23)26-14(24)25-15)13-6-10(8-27-13)9-3-2-4-11(5-9)16(18,19)20/h2-5,8,12-13H,6-7H2,1H3,(H2,24,25)/t12-,13?,15-/m0/s1. The zero-order valence-electron chi connectivity index (χ0n) is 14.1. The van der Waals surface area contributed by atoms with E-state index in [-0.39, 0.29) is 6.42 Å². The lowest BCUT2D eigenvalue weighted by molar-refractivity contribution is -0.207. The maximum absolute atomic E-state index is 13.1. The summed E-state index contributed by atoms with van der Waals surface area (Å²) in [4.78, 5) is 4.08. The van der Waals surface area contributed by atoms with Crippen molar-refractivity contribution in [2.45, 2.75) is 49.0 Å². The van der Waals surface area contributed by atoms with Crippen molar-refractivity contribution < 1.29 is 31.1 Å². The van der Waals surface area contributed by atoms with Crippen LogP contribution in [-0.4, -0.2) is 29.1 Å². The van der Waals surface area contributed by atoms with E-state index < -0.39 is 47.3 Å². The number of allylic oxidation sites excluding steroid dienone is 1. The summed E-state index contributed by atoms with van der Waals surface area (Å²) in [5.41, 5.74) is 4.55. The van der Waals surface area contributed by atoms with Crippen LogP contribution in [0.4, 0.5) is 26.3 Å². The summed E-state index contributed by atoms with van der Waals surface area (Å²) >= 11 is 1.25. The molecular weight excluding hydrogens is 394 g/mol. The third-order valence-corrected chi connectivity index (χ3v) is 6.05. The topological polar surface area (TPSA) is 47.6 Å². The predicted molar refractivity (Wildman–Crippen MR) is 91.0 cm³/mol. The van der Waals surface area contributed by atoms with E-state index in [1.165, 1.54) is 17.8 Å². The number of thioether (sulfide) groups is 1. The summed E-state index contributed by atoms with van der Waals surface area (Å²) in [5, 5.41) is 1.28. The molecule has 2 heterocycles. The van der Waals surface area contributed by atoms with Gasteiger partial charge < -0.3 is 10.5 Å². The van der Waals surface area contributed by atoms with Gasteiger partial charge >= 0.3 is 12.4 Å². The zero-order chi connectivity index (χ0) is 20.0. The first-order valence-electron chi connectivity index (χ1n) is 7.99. The average Bonchev–Trinajstić information content (AvgIpc) is 3.03. The molecule has 0 aliphatic carbocycles. The van der Waals surface area contributed by atoms with E-state index in [2.05, 4.69) is 9.73 Å². The van der Waals surface area contributed by atoms with E-state index in [0.717, 1.165) is 12.1 Å². The molecule has 0 saturated carbocycles. The predicted octanol–water partition coefficient (Wildman–Crippen LogP) is 4.98. The fourth-order valence-electron chi connectivity index (χ4n) is 3.18. The van der Waals surface area contributed by atoms with Crippen LogP contribution in [0.1, 0.15) is 30.9 Å². The third-order valence-electron chi connectivity index (χ3n) is 4.63. The maximum atomic E-state index is 13.1. The van der Waals surface area contributed by atoms with E-state index in [1.54, 1.807) is 18.4 Å². The lowest BCUT2D eigenvalue weighted by atomic mass is 9.85.